The Balaban J connectivity index is 1.97. The summed E-state index contributed by atoms with van der Waals surface area (Å²) in [6, 6.07) is 0. The number of hydrogen-bond donors (Lipinski definition) is 2. The largest absolute Gasteiger partial charge is 0.396 e. The third-order valence-corrected chi connectivity index (χ3v) is 6.08. The fourth-order valence-corrected chi connectivity index (χ4v) is 3.76. The molecule has 27 heavy (non-hydrogen) atoms. The molecule has 2 rings (SSSR count). The molecule has 2 heterocycles. The van der Waals surface area contributed by atoms with Crippen LogP contribution in [0, 0.1) is 30.1 Å². The van der Waals surface area contributed by atoms with E-state index >= 15 is 0 Å². The molecule has 2 fully saturated rings. The summed E-state index contributed by atoms with van der Waals surface area (Å²) in [6.07, 6.45) is 15.5. The molecule has 0 aromatic carbocycles. The molecule has 2 N–H and O–H groups in total. The Labute approximate surface area is 164 Å². The maximum absolute atomic E-state index is 9.93. The van der Waals surface area contributed by atoms with Gasteiger partial charge in [-0.1, -0.05) is 50.5 Å². The van der Waals surface area contributed by atoms with Crippen LogP contribution in [0.1, 0.15) is 59.8 Å². The fraction of sp³-hybridized carbons (Fsp3) is 0.739. The monoisotopic (exact) mass is 376 g/mol. The quantitative estimate of drug-likeness (QED) is 0.546. The number of ether oxygens (including phenoxy) is 2. The highest BCUT2D eigenvalue weighted by molar-refractivity contribution is 5.17. The van der Waals surface area contributed by atoms with Crippen LogP contribution in [0.2, 0.25) is 0 Å². The molecule has 1 spiro atoms. The molecule has 0 radical (unpaired) electrons. The molecule has 1 unspecified atom stereocenters. The van der Waals surface area contributed by atoms with Crippen LogP contribution in [-0.4, -0.2) is 40.9 Å². The highest BCUT2D eigenvalue weighted by atomic mass is 16.7. The van der Waals surface area contributed by atoms with Crippen LogP contribution in [0.25, 0.3) is 0 Å². The summed E-state index contributed by atoms with van der Waals surface area (Å²) < 4.78 is 12.7. The van der Waals surface area contributed by atoms with Gasteiger partial charge in [0.1, 0.15) is 6.10 Å². The fourth-order valence-electron chi connectivity index (χ4n) is 3.76. The lowest BCUT2D eigenvalue weighted by Crippen LogP contribution is -2.51. The van der Waals surface area contributed by atoms with Crippen molar-refractivity contribution < 1.29 is 19.7 Å². The Kier molecular flexibility index (Phi) is 8.12. The SMILES string of the molecule is C#C[C@@H]1OC2(CC[C@@H]1C)CC[C@H](C)[C@@H](C/C=C(C)/C=C/[C@H](O)[C@@H](C)CO)O2. The van der Waals surface area contributed by atoms with Crippen molar-refractivity contribution in [2.24, 2.45) is 17.8 Å². The van der Waals surface area contributed by atoms with Gasteiger partial charge in [-0.2, -0.15) is 0 Å². The van der Waals surface area contributed by atoms with Crippen LogP contribution in [0.4, 0.5) is 0 Å². The zero-order chi connectivity index (χ0) is 20.0. The first-order chi connectivity index (χ1) is 12.8. The zero-order valence-electron chi connectivity index (χ0n) is 17.2. The molecule has 0 aliphatic carbocycles. The molecule has 2 aliphatic heterocycles. The van der Waals surface area contributed by atoms with E-state index in [0.29, 0.717) is 11.8 Å². The maximum Gasteiger partial charge on any atom is 0.170 e. The molecule has 2 saturated heterocycles. The third-order valence-electron chi connectivity index (χ3n) is 6.08. The lowest BCUT2D eigenvalue weighted by Gasteiger charge is -2.48. The summed E-state index contributed by atoms with van der Waals surface area (Å²) in [5.74, 6) is 2.94. The first-order valence-corrected chi connectivity index (χ1v) is 10.3. The van der Waals surface area contributed by atoms with Gasteiger partial charge in [0.05, 0.1) is 12.2 Å². The molecule has 0 aromatic rings. The molecule has 0 saturated carbocycles. The van der Waals surface area contributed by atoms with Gasteiger partial charge in [0.25, 0.3) is 0 Å². The normalized spacial score (nSPS) is 37.3. The van der Waals surface area contributed by atoms with E-state index in [1.165, 1.54) is 0 Å². The van der Waals surface area contributed by atoms with Gasteiger partial charge < -0.3 is 19.7 Å². The molecule has 2 aliphatic rings. The van der Waals surface area contributed by atoms with Crippen LogP contribution >= 0.6 is 0 Å². The van der Waals surface area contributed by atoms with Gasteiger partial charge in [-0.05, 0) is 38.0 Å². The lowest BCUT2D eigenvalue weighted by atomic mass is 9.84. The minimum atomic E-state index is -0.634. The second-order valence-corrected chi connectivity index (χ2v) is 8.50. The van der Waals surface area contributed by atoms with Crippen molar-refractivity contribution in [1.29, 1.82) is 0 Å². The van der Waals surface area contributed by atoms with E-state index in [9.17, 15) is 5.11 Å². The molecule has 4 heteroatoms. The van der Waals surface area contributed by atoms with E-state index in [1.807, 2.05) is 19.9 Å². The second-order valence-electron chi connectivity index (χ2n) is 8.50. The van der Waals surface area contributed by atoms with Crippen LogP contribution in [0.5, 0.6) is 0 Å². The summed E-state index contributed by atoms with van der Waals surface area (Å²) in [5.41, 5.74) is 1.08. The summed E-state index contributed by atoms with van der Waals surface area (Å²) in [6.45, 7) is 8.18. The summed E-state index contributed by atoms with van der Waals surface area (Å²) in [7, 11) is 0. The summed E-state index contributed by atoms with van der Waals surface area (Å²) >= 11 is 0. The number of aliphatic hydroxyl groups excluding tert-OH is 2. The van der Waals surface area contributed by atoms with Crippen LogP contribution in [0.15, 0.2) is 23.8 Å². The molecule has 4 nitrogen and oxygen atoms in total. The smallest absolute Gasteiger partial charge is 0.170 e. The lowest BCUT2D eigenvalue weighted by molar-refractivity contribution is -0.321. The van der Waals surface area contributed by atoms with Crippen molar-refractivity contribution in [3.63, 3.8) is 0 Å². The zero-order valence-corrected chi connectivity index (χ0v) is 17.2. The number of rotatable bonds is 6. The van der Waals surface area contributed by atoms with Crippen molar-refractivity contribution in [3.8, 4) is 12.3 Å². The van der Waals surface area contributed by atoms with E-state index in [1.54, 1.807) is 6.08 Å². The molecular weight excluding hydrogens is 340 g/mol. The minimum Gasteiger partial charge on any atom is -0.396 e. The van der Waals surface area contributed by atoms with Crippen molar-refractivity contribution in [2.75, 3.05) is 6.61 Å². The predicted octanol–water partition coefficient (Wildman–Crippen LogP) is 3.83. The standard InChI is InChI=1S/C23H36O4/c1-6-21-17(3)11-13-23(26-21)14-12-18(4)22(27-23)10-8-16(2)7-9-20(25)19(5)15-24/h1,7-9,17-22,24-25H,10-15H2,2-5H3/b9-7+,16-8+/t17-,18-,19-,20-,21-,22+,23?/m0/s1. The van der Waals surface area contributed by atoms with Gasteiger partial charge in [-0.25, -0.2) is 0 Å². The highest BCUT2D eigenvalue weighted by Gasteiger charge is 2.45. The summed E-state index contributed by atoms with van der Waals surface area (Å²) in [5, 5.41) is 19.0. The summed E-state index contributed by atoms with van der Waals surface area (Å²) in [4.78, 5) is 0. The molecule has 0 amide bonds. The second kappa shape index (κ2) is 9.89. The maximum atomic E-state index is 9.93. The van der Waals surface area contributed by atoms with Crippen molar-refractivity contribution in [1.82, 2.24) is 0 Å². The van der Waals surface area contributed by atoms with E-state index in [-0.39, 0.29) is 24.7 Å². The molecule has 152 valence electrons. The molecule has 0 aromatic heterocycles. The van der Waals surface area contributed by atoms with Gasteiger partial charge in [0.15, 0.2) is 5.79 Å². The Morgan fingerprint density at radius 1 is 1.26 bits per heavy atom. The predicted molar refractivity (Wildman–Crippen MR) is 108 cm³/mol. The van der Waals surface area contributed by atoms with Gasteiger partial charge in [-0.3, -0.25) is 0 Å². The van der Waals surface area contributed by atoms with E-state index < -0.39 is 11.9 Å². The minimum absolute atomic E-state index is 0.0267. The number of allylic oxidation sites excluding steroid dienone is 2. The van der Waals surface area contributed by atoms with E-state index in [2.05, 4.69) is 25.8 Å². The average Bonchev–Trinajstić information content (AvgIpc) is 2.68. The van der Waals surface area contributed by atoms with Gasteiger partial charge in [0.2, 0.25) is 0 Å². The third kappa shape index (κ3) is 5.93. The van der Waals surface area contributed by atoms with Crippen molar-refractivity contribution in [2.45, 2.75) is 83.9 Å². The Morgan fingerprint density at radius 2 is 1.93 bits per heavy atom. The number of aliphatic hydroxyl groups is 2. The topological polar surface area (TPSA) is 58.9 Å². The Morgan fingerprint density at radius 3 is 2.56 bits per heavy atom. The molecule has 0 bridgehead atoms. The van der Waals surface area contributed by atoms with E-state index in [0.717, 1.165) is 37.7 Å². The number of terminal acetylenes is 1. The van der Waals surface area contributed by atoms with Crippen LogP contribution < -0.4 is 0 Å². The van der Waals surface area contributed by atoms with Crippen LogP contribution in [-0.2, 0) is 9.47 Å². The first-order valence-electron chi connectivity index (χ1n) is 10.3. The van der Waals surface area contributed by atoms with Gasteiger partial charge in [-0.15, -0.1) is 6.42 Å². The van der Waals surface area contributed by atoms with Crippen LogP contribution in [0.3, 0.4) is 0 Å². The average molecular weight is 377 g/mol. The van der Waals surface area contributed by atoms with Crippen molar-refractivity contribution in [3.05, 3.63) is 23.8 Å². The molecular formula is C23H36O4. The Hall–Kier alpha value is -1.12. The molecule has 7 atom stereocenters. The Bertz CT molecular complexity index is 571. The van der Waals surface area contributed by atoms with Gasteiger partial charge >= 0.3 is 0 Å². The van der Waals surface area contributed by atoms with E-state index in [4.69, 9.17) is 21.0 Å². The number of hydrogen-bond acceptors (Lipinski definition) is 4. The highest BCUT2D eigenvalue weighted by Crippen LogP contribution is 2.43. The first kappa shape index (κ1) is 22.2. The van der Waals surface area contributed by atoms with Crippen molar-refractivity contribution >= 4 is 0 Å². The van der Waals surface area contributed by atoms with Gasteiger partial charge in [0, 0.05) is 25.4 Å².